The molecule has 2 aromatic carbocycles. The van der Waals surface area contributed by atoms with E-state index in [0.717, 1.165) is 11.1 Å². The molecule has 0 bridgehead atoms. The fourth-order valence-corrected chi connectivity index (χ4v) is 3.87. The van der Waals surface area contributed by atoms with Gasteiger partial charge in [0.2, 0.25) is 11.8 Å². The first-order valence-corrected chi connectivity index (χ1v) is 11.8. The van der Waals surface area contributed by atoms with Gasteiger partial charge >= 0.3 is 0 Å². The number of halogens is 1. The van der Waals surface area contributed by atoms with Crippen LogP contribution in [0.1, 0.15) is 31.9 Å². The quantitative estimate of drug-likeness (QED) is 0.375. The van der Waals surface area contributed by atoms with Gasteiger partial charge in [0.15, 0.2) is 0 Å². The van der Waals surface area contributed by atoms with E-state index in [9.17, 15) is 19.7 Å². The van der Waals surface area contributed by atoms with Crippen LogP contribution in [-0.2, 0) is 21.9 Å². The average Bonchev–Trinajstić information content (AvgIpc) is 2.76. The number of nitro groups is 1. The van der Waals surface area contributed by atoms with E-state index in [4.69, 9.17) is 11.6 Å². The highest BCUT2D eigenvalue weighted by Crippen LogP contribution is 2.19. The van der Waals surface area contributed by atoms with E-state index in [1.807, 2.05) is 26.0 Å². The second kappa shape index (κ2) is 12.5. The maximum absolute atomic E-state index is 13.0. The molecule has 0 aromatic heterocycles. The Morgan fingerprint density at radius 1 is 1.06 bits per heavy atom. The lowest BCUT2D eigenvalue weighted by Crippen LogP contribution is -2.48. The summed E-state index contributed by atoms with van der Waals surface area (Å²) in [7, 11) is 0. The lowest BCUT2D eigenvalue weighted by Gasteiger charge is -2.29. The predicted molar refractivity (Wildman–Crippen MR) is 129 cm³/mol. The van der Waals surface area contributed by atoms with Gasteiger partial charge in [-0.1, -0.05) is 49.7 Å². The smallest absolute Gasteiger partial charge is 0.269 e. The molecule has 0 saturated carbocycles. The number of rotatable bonds is 11. The van der Waals surface area contributed by atoms with E-state index in [1.54, 1.807) is 36.1 Å². The maximum atomic E-state index is 13.0. The van der Waals surface area contributed by atoms with Gasteiger partial charge in [-0.05, 0) is 36.1 Å². The van der Waals surface area contributed by atoms with Gasteiger partial charge in [0.25, 0.3) is 5.69 Å². The van der Waals surface area contributed by atoms with Crippen molar-refractivity contribution in [3.8, 4) is 0 Å². The van der Waals surface area contributed by atoms with E-state index >= 15 is 0 Å². The number of nitrogens with zero attached hydrogens (tertiary/aromatic N) is 2. The molecule has 0 spiro atoms. The van der Waals surface area contributed by atoms with Crippen molar-refractivity contribution in [3.05, 3.63) is 74.8 Å². The van der Waals surface area contributed by atoms with Gasteiger partial charge in [-0.2, -0.15) is 0 Å². The minimum atomic E-state index is -0.628. The van der Waals surface area contributed by atoms with E-state index in [0.29, 0.717) is 29.8 Å². The molecule has 2 amide bonds. The lowest BCUT2D eigenvalue weighted by atomic mass is 10.1. The summed E-state index contributed by atoms with van der Waals surface area (Å²) in [5.41, 5.74) is 1.80. The van der Waals surface area contributed by atoms with Crippen LogP contribution in [0.2, 0.25) is 5.02 Å². The molecule has 1 N–H and O–H groups in total. The molecule has 2 rings (SSSR count). The van der Waals surface area contributed by atoms with Crippen molar-refractivity contribution in [2.24, 2.45) is 5.92 Å². The number of thioether (sulfide) groups is 1. The number of nitro benzene ring substituents is 1. The molecular formula is C23H28ClN3O4S. The highest BCUT2D eigenvalue weighted by atomic mass is 35.5. The van der Waals surface area contributed by atoms with Crippen LogP contribution in [0, 0.1) is 16.0 Å². The Morgan fingerprint density at radius 3 is 2.22 bits per heavy atom. The van der Waals surface area contributed by atoms with Crippen LogP contribution in [0.25, 0.3) is 0 Å². The van der Waals surface area contributed by atoms with Crippen LogP contribution in [-0.4, -0.2) is 40.0 Å². The molecule has 32 heavy (non-hydrogen) atoms. The maximum Gasteiger partial charge on any atom is 0.269 e. The Labute approximate surface area is 197 Å². The summed E-state index contributed by atoms with van der Waals surface area (Å²) in [6, 6.07) is 12.8. The zero-order valence-electron chi connectivity index (χ0n) is 18.4. The van der Waals surface area contributed by atoms with Crippen molar-refractivity contribution < 1.29 is 14.5 Å². The molecule has 0 aliphatic rings. The summed E-state index contributed by atoms with van der Waals surface area (Å²) in [5, 5.41) is 14.3. The van der Waals surface area contributed by atoms with Gasteiger partial charge in [-0.25, -0.2) is 0 Å². The zero-order chi connectivity index (χ0) is 23.7. The number of non-ortho nitro benzene ring substituents is 1. The normalized spacial score (nSPS) is 11.8. The van der Waals surface area contributed by atoms with Gasteiger partial charge in [0.1, 0.15) is 6.04 Å². The summed E-state index contributed by atoms with van der Waals surface area (Å²) < 4.78 is 0. The van der Waals surface area contributed by atoms with Crippen LogP contribution in [0.4, 0.5) is 5.69 Å². The van der Waals surface area contributed by atoms with Crippen LogP contribution < -0.4 is 5.32 Å². The van der Waals surface area contributed by atoms with Crippen LogP contribution >= 0.6 is 23.4 Å². The molecule has 7 nitrogen and oxygen atoms in total. The minimum absolute atomic E-state index is 0.0326. The Balaban J connectivity index is 2.03. The van der Waals surface area contributed by atoms with Crippen molar-refractivity contribution >= 4 is 40.9 Å². The van der Waals surface area contributed by atoms with Crippen molar-refractivity contribution in [2.75, 3.05) is 12.3 Å². The third-order valence-corrected chi connectivity index (χ3v) is 6.00. The second-order valence-electron chi connectivity index (χ2n) is 7.88. The largest absolute Gasteiger partial charge is 0.354 e. The summed E-state index contributed by atoms with van der Waals surface area (Å²) in [4.78, 5) is 37.6. The van der Waals surface area contributed by atoms with Gasteiger partial charge in [-0.3, -0.25) is 19.7 Å². The first-order valence-electron chi connectivity index (χ1n) is 10.3. The van der Waals surface area contributed by atoms with Gasteiger partial charge in [0.05, 0.1) is 10.7 Å². The lowest BCUT2D eigenvalue weighted by molar-refractivity contribution is -0.384. The Bertz CT molecular complexity index is 920. The second-order valence-corrected chi connectivity index (χ2v) is 9.30. The van der Waals surface area contributed by atoms with Crippen molar-refractivity contribution in [1.82, 2.24) is 10.2 Å². The molecule has 1 atom stereocenters. The average molecular weight is 478 g/mol. The summed E-state index contributed by atoms with van der Waals surface area (Å²) in [5.74, 6) is 0.683. The fourth-order valence-electron chi connectivity index (χ4n) is 2.87. The summed E-state index contributed by atoms with van der Waals surface area (Å²) in [6.07, 6.45) is 0. The van der Waals surface area contributed by atoms with E-state index in [2.05, 4.69) is 5.32 Å². The molecule has 0 radical (unpaired) electrons. The molecule has 9 heteroatoms. The number of carbonyl (C=O) groups is 2. The van der Waals surface area contributed by atoms with Crippen LogP contribution in [0.5, 0.6) is 0 Å². The van der Waals surface area contributed by atoms with Crippen molar-refractivity contribution in [1.29, 1.82) is 0 Å². The predicted octanol–water partition coefficient (Wildman–Crippen LogP) is 4.67. The molecule has 0 aliphatic heterocycles. The number of benzene rings is 2. The summed E-state index contributed by atoms with van der Waals surface area (Å²) in [6.45, 7) is 6.59. The van der Waals surface area contributed by atoms with E-state index in [1.165, 1.54) is 23.9 Å². The molecule has 0 saturated heterocycles. The standard InChI is InChI=1S/C23H28ClN3O4S/c1-16(2)12-25-23(29)17(3)26(13-18-4-8-20(24)9-5-18)22(28)15-32-14-19-6-10-21(11-7-19)27(30)31/h4-11,16-17H,12-15H2,1-3H3,(H,25,29)/t17-/m0/s1. The number of amides is 2. The molecule has 0 aliphatic carbocycles. The zero-order valence-corrected chi connectivity index (χ0v) is 20.0. The monoisotopic (exact) mass is 477 g/mol. The summed E-state index contributed by atoms with van der Waals surface area (Å²) >= 11 is 7.37. The Kier molecular flexibility index (Phi) is 9.99. The van der Waals surface area contributed by atoms with Gasteiger partial charge in [0, 0.05) is 36.0 Å². The van der Waals surface area contributed by atoms with E-state index < -0.39 is 11.0 Å². The van der Waals surface area contributed by atoms with Crippen LogP contribution in [0.3, 0.4) is 0 Å². The Morgan fingerprint density at radius 2 is 1.66 bits per heavy atom. The SMILES string of the molecule is CC(C)CNC(=O)[C@H](C)N(Cc1ccc(Cl)cc1)C(=O)CSCc1ccc([N+](=O)[O-])cc1. The molecule has 0 heterocycles. The topological polar surface area (TPSA) is 92.6 Å². The van der Waals surface area contributed by atoms with Crippen molar-refractivity contribution in [3.63, 3.8) is 0 Å². The molecule has 0 fully saturated rings. The highest BCUT2D eigenvalue weighted by molar-refractivity contribution is 7.99. The van der Waals surface area contributed by atoms with Gasteiger partial charge in [-0.15, -0.1) is 11.8 Å². The van der Waals surface area contributed by atoms with Gasteiger partial charge < -0.3 is 10.2 Å². The number of carbonyl (C=O) groups excluding carboxylic acids is 2. The molecule has 0 unspecified atom stereocenters. The molecule has 2 aromatic rings. The van der Waals surface area contributed by atoms with Crippen LogP contribution in [0.15, 0.2) is 48.5 Å². The van der Waals surface area contributed by atoms with E-state index in [-0.39, 0.29) is 23.3 Å². The van der Waals surface area contributed by atoms with Crippen molar-refractivity contribution in [2.45, 2.75) is 39.1 Å². The minimum Gasteiger partial charge on any atom is -0.354 e. The molecular weight excluding hydrogens is 450 g/mol. The number of hydrogen-bond acceptors (Lipinski definition) is 5. The number of nitrogens with one attached hydrogen (secondary N) is 1. The third-order valence-electron chi connectivity index (χ3n) is 4.76. The number of hydrogen-bond donors (Lipinski definition) is 1. The highest BCUT2D eigenvalue weighted by Gasteiger charge is 2.26. The fraction of sp³-hybridized carbons (Fsp3) is 0.391. The first-order chi connectivity index (χ1) is 15.2. The molecule has 172 valence electrons. The Hall–Kier alpha value is -2.58. The first kappa shape index (κ1) is 25.7. The third kappa shape index (κ3) is 8.16.